The van der Waals surface area contributed by atoms with Gasteiger partial charge in [-0.1, -0.05) is 19.1 Å². The highest BCUT2D eigenvalue weighted by molar-refractivity contribution is 5.89. The van der Waals surface area contributed by atoms with E-state index < -0.39 is 0 Å². The van der Waals surface area contributed by atoms with Crippen molar-refractivity contribution in [2.75, 3.05) is 5.32 Å². The molecule has 0 aliphatic heterocycles. The molecule has 2 heterocycles. The number of nitrogens with one attached hydrogen (secondary N) is 1. The number of imidazole rings is 1. The second-order valence-electron chi connectivity index (χ2n) is 6.09. The lowest BCUT2D eigenvalue weighted by Gasteiger charge is -2.06. The Balaban J connectivity index is 1.78. The van der Waals surface area contributed by atoms with Crippen LogP contribution in [0.15, 0.2) is 47.4 Å². The first-order valence-electron chi connectivity index (χ1n) is 8.50. The summed E-state index contributed by atoms with van der Waals surface area (Å²) >= 11 is 0. The topological polar surface area (TPSA) is 68.9 Å². The van der Waals surface area contributed by atoms with E-state index in [9.17, 15) is 9.59 Å². The number of rotatable bonds is 6. The summed E-state index contributed by atoms with van der Waals surface area (Å²) in [6.07, 6.45) is 2.76. The molecule has 0 spiro atoms. The predicted octanol–water partition coefficient (Wildman–Crippen LogP) is 2.95. The number of aromatic nitrogens is 3. The smallest absolute Gasteiger partial charge is 0.311 e. The molecule has 3 rings (SSSR count). The number of nitrogens with zero attached hydrogens (tertiary/aromatic N) is 3. The Morgan fingerprint density at radius 3 is 2.44 bits per heavy atom. The van der Waals surface area contributed by atoms with Crippen LogP contribution in [0.1, 0.15) is 25.3 Å². The molecular weight excluding hydrogens is 316 g/mol. The van der Waals surface area contributed by atoms with Gasteiger partial charge < -0.3 is 5.32 Å². The number of hydrogen-bond donors (Lipinski definition) is 1. The van der Waals surface area contributed by atoms with Crippen LogP contribution in [0.25, 0.3) is 11.0 Å². The van der Waals surface area contributed by atoms with Crippen molar-refractivity contribution in [3.63, 3.8) is 0 Å². The molecule has 1 aromatic carbocycles. The summed E-state index contributed by atoms with van der Waals surface area (Å²) in [5, 5.41) is 2.78. The third-order valence-electron chi connectivity index (χ3n) is 4.12. The number of fused-ring (bicyclic) bond motifs is 1. The number of benzene rings is 1. The molecule has 0 bridgehead atoms. The zero-order valence-corrected chi connectivity index (χ0v) is 14.5. The van der Waals surface area contributed by atoms with Gasteiger partial charge in [-0.15, -0.1) is 0 Å². The van der Waals surface area contributed by atoms with Crippen LogP contribution in [0, 0.1) is 6.92 Å². The summed E-state index contributed by atoms with van der Waals surface area (Å²) in [6.45, 7) is 5.00. The molecule has 0 atom stereocenters. The van der Waals surface area contributed by atoms with Crippen molar-refractivity contribution in [3.8, 4) is 0 Å². The molecule has 6 nitrogen and oxygen atoms in total. The van der Waals surface area contributed by atoms with Crippen molar-refractivity contribution in [1.29, 1.82) is 0 Å². The molecular formula is C19H22N4O2. The lowest BCUT2D eigenvalue weighted by Crippen LogP contribution is -2.26. The van der Waals surface area contributed by atoms with Crippen molar-refractivity contribution in [3.05, 3.63) is 58.6 Å². The van der Waals surface area contributed by atoms with E-state index in [-0.39, 0.29) is 18.0 Å². The molecule has 6 heteroatoms. The summed E-state index contributed by atoms with van der Waals surface area (Å²) in [5.74, 6) is 0.378. The Morgan fingerprint density at radius 2 is 1.80 bits per heavy atom. The van der Waals surface area contributed by atoms with Gasteiger partial charge in [-0.05, 0) is 43.2 Å². The molecule has 1 amide bonds. The van der Waals surface area contributed by atoms with Crippen molar-refractivity contribution in [2.24, 2.45) is 0 Å². The molecule has 0 aliphatic rings. The second kappa shape index (κ2) is 7.34. The first-order valence-corrected chi connectivity index (χ1v) is 8.50. The molecule has 0 radical (unpaired) electrons. The van der Waals surface area contributed by atoms with Crippen LogP contribution >= 0.6 is 0 Å². The molecule has 25 heavy (non-hydrogen) atoms. The lowest BCUT2D eigenvalue weighted by atomic mass is 10.3. The number of carbonyl (C=O) groups is 1. The Morgan fingerprint density at radius 1 is 1.12 bits per heavy atom. The minimum Gasteiger partial charge on any atom is -0.311 e. The van der Waals surface area contributed by atoms with E-state index in [4.69, 9.17) is 0 Å². The van der Waals surface area contributed by atoms with Gasteiger partial charge in [0.05, 0.1) is 11.0 Å². The van der Waals surface area contributed by atoms with Crippen LogP contribution in [0.5, 0.6) is 0 Å². The van der Waals surface area contributed by atoms with Crippen molar-refractivity contribution in [1.82, 2.24) is 14.1 Å². The third kappa shape index (κ3) is 3.63. The molecule has 0 aliphatic carbocycles. The fourth-order valence-corrected chi connectivity index (χ4v) is 2.95. The molecule has 1 N–H and O–H groups in total. The first kappa shape index (κ1) is 17.0. The number of amides is 1. The van der Waals surface area contributed by atoms with E-state index in [0.717, 1.165) is 23.0 Å². The van der Waals surface area contributed by atoms with E-state index in [1.54, 1.807) is 15.3 Å². The molecule has 130 valence electrons. The van der Waals surface area contributed by atoms with Crippen LogP contribution in [0.4, 0.5) is 5.82 Å². The maximum atomic E-state index is 12.7. The third-order valence-corrected chi connectivity index (χ3v) is 4.12. The summed E-state index contributed by atoms with van der Waals surface area (Å²) in [7, 11) is 0. The number of hydrogen-bond acceptors (Lipinski definition) is 3. The van der Waals surface area contributed by atoms with Crippen molar-refractivity contribution < 1.29 is 4.79 Å². The van der Waals surface area contributed by atoms with Crippen LogP contribution in [-0.2, 0) is 17.9 Å². The monoisotopic (exact) mass is 338 g/mol. The summed E-state index contributed by atoms with van der Waals surface area (Å²) in [5.41, 5.74) is 2.74. The average Bonchev–Trinajstić information content (AvgIpc) is 2.86. The minimum atomic E-state index is -0.155. The standard InChI is InChI=1S/C19H22N4O2/c1-3-11-22-15-6-4-5-7-16(15)23(19(22)25)12-9-18(24)21-17-13-14(2)8-10-20-17/h4-8,10,13H,3,9,11-12H2,1-2H3,(H,20,21,24). The van der Waals surface area contributed by atoms with Gasteiger partial charge >= 0.3 is 5.69 Å². The van der Waals surface area contributed by atoms with E-state index in [1.807, 2.05) is 50.2 Å². The molecule has 2 aromatic heterocycles. The number of para-hydroxylation sites is 2. The van der Waals surface area contributed by atoms with Gasteiger partial charge in [-0.3, -0.25) is 13.9 Å². The quantitative estimate of drug-likeness (QED) is 0.751. The molecule has 0 unspecified atom stereocenters. The maximum Gasteiger partial charge on any atom is 0.329 e. The van der Waals surface area contributed by atoms with E-state index in [1.165, 1.54) is 0 Å². The van der Waals surface area contributed by atoms with Gasteiger partial charge in [0.25, 0.3) is 0 Å². The van der Waals surface area contributed by atoms with Crippen molar-refractivity contribution >= 4 is 22.8 Å². The fourth-order valence-electron chi connectivity index (χ4n) is 2.95. The summed E-state index contributed by atoms with van der Waals surface area (Å²) in [4.78, 5) is 29.0. The van der Waals surface area contributed by atoms with Gasteiger partial charge in [0.1, 0.15) is 5.82 Å². The van der Waals surface area contributed by atoms with Gasteiger partial charge in [-0.25, -0.2) is 9.78 Å². The maximum absolute atomic E-state index is 12.7. The summed E-state index contributed by atoms with van der Waals surface area (Å²) < 4.78 is 3.45. The SMILES string of the molecule is CCCn1c(=O)n(CCC(=O)Nc2cc(C)ccn2)c2ccccc21. The number of carbonyl (C=O) groups excluding carboxylic acids is 1. The Kier molecular flexibility index (Phi) is 4.97. The van der Waals surface area contributed by atoms with Gasteiger partial charge in [0, 0.05) is 25.7 Å². The Labute approximate surface area is 146 Å². The zero-order chi connectivity index (χ0) is 17.8. The molecule has 3 aromatic rings. The van der Waals surface area contributed by atoms with Crippen LogP contribution in [-0.4, -0.2) is 20.0 Å². The summed E-state index contributed by atoms with van der Waals surface area (Å²) in [6, 6.07) is 11.4. The first-order chi connectivity index (χ1) is 12.1. The van der Waals surface area contributed by atoms with E-state index >= 15 is 0 Å². The van der Waals surface area contributed by atoms with Crippen molar-refractivity contribution in [2.45, 2.75) is 39.8 Å². The number of anilines is 1. The predicted molar refractivity (Wildman–Crippen MR) is 98.7 cm³/mol. The van der Waals surface area contributed by atoms with Gasteiger partial charge in [0.15, 0.2) is 0 Å². The normalized spacial score (nSPS) is 11.0. The van der Waals surface area contributed by atoms with E-state index in [2.05, 4.69) is 10.3 Å². The lowest BCUT2D eigenvalue weighted by molar-refractivity contribution is -0.116. The van der Waals surface area contributed by atoms with Crippen LogP contribution in [0.2, 0.25) is 0 Å². The second-order valence-corrected chi connectivity index (χ2v) is 6.09. The highest BCUT2D eigenvalue weighted by atomic mass is 16.2. The number of pyridine rings is 1. The minimum absolute atomic E-state index is 0.0652. The largest absolute Gasteiger partial charge is 0.329 e. The van der Waals surface area contributed by atoms with Crippen LogP contribution in [0.3, 0.4) is 0 Å². The average molecular weight is 338 g/mol. The zero-order valence-electron chi connectivity index (χ0n) is 14.5. The molecule has 0 saturated carbocycles. The van der Waals surface area contributed by atoms with E-state index in [0.29, 0.717) is 18.9 Å². The molecule has 0 saturated heterocycles. The van der Waals surface area contributed by atoms with Gasteiger partial charge in [-0.2, -0.15) is 0 Å². The highest BCUT2D eigenvalue weighted by Gasteiger charge is 2.13. The Hall–Kier alpha value is -2.89. The molecule has 0 fully saturated rings. The Bertz CT molecular complexity index is 955. The number of aryl methyl sites for hydroxylation is 3. The highest BCUT2D eigenvalue weighted by Crippen LogP contribution is 2.14. The van der Waals surface area contributed by atoms with Crippen LogP contribution < -0.4 is 11.0 Å². The van der Waals surface area contributed by atoms with Gasteiger partial charge in [0.2, 0.25) is 5.91 Å². The fraction of sp³-hybridized carbons (Fsp3) is 0.316.